The van der Waals surface area contributed by atoms with Gasteiger partial charge in [0.25, 0.3) is 0 Å². The predicted octanol–water partition coefficient (Wildman–Crippen LogP) is 16.3. The Morgan fingerprint density at radius 1 is 0.258 bits per heavy atom. The van der Waals surface area contributed by atoms with Gasteiger partial charge in [0.05, 0.1) is 69.5 Å². The fourth-order valence-electron chi connectivity index (χ4n) is 9.32. The van der Waals surface area contributed by atoms with Crippen LogP contribution in [0.15, 0.2) is 153 Å². The zero-order valence-electron chi connectivity index (χ0n) is 53.8. The average Bonchev–Trinajstić information content (AvgIpc) is 1.18. The quantitative estimate of drug-likeness (QED) is 0.0116. The monoisotopic (exact) mass is 1280 g/mol. The molecule has 0 amide bonds. The molecule has 0 aliphatic heterocycles. The maximum Gasteiger partial charge on any atom is 0.343 e. The molecule has 5 aromatic rings. The van der Waals surface area contributed by atoms with Crippen LogP contribution in [-0.2, 0) is 33.3 Å². The van der Waals surface area contributed by atoms with Crippen LogP contribution < -0.4 is 33.2 Å². The van der Waals surface area contributed by atoms with Crippen molar-refractivity contribution in [2.24, 2.45) is 0 Å². The van der Waals surface area contributed by atoms with Gasteiger partial charge in [0.15, 0.2) is 0 Å². The number of ether oxygens (including phenoxy) is 11. The maximum atomic E-state index is 13.8. The van der Waals surface area contributed by atoms with Crippen molar-refractivity contribution in [3.8, 4) is 40.2 Å². The number of esters is 7. The second-order valence-corrected chi connectivity index (χ2v) is 22.0. The summed E-state index contributed by atoms with van der Waals surface area (Å²) in [4.78, 5) is 86.9. The van der Waals surface area contributed by atoms with E-state index in [-0.39, 0.29) is 46.7 Å². The van der Waals surface area contributed by atoms with Gasteiger partial charge in [0.1, 0.15) is 45.8 Å². The Bertz CT molecular complexity index is 3040. The van der Waals surface area contributed by atoms with Crippen LogP contribution in [0.4, 0.5) is 0 Å². The highest BCUT2D eigenvalue weighted by molar-refractivity contribution is 5.97. The molecule has 0 aliphatic rings. The molecule has 0 radical (unpaired) electrons. The van der Waals surface area contributed by atoms with E-state index >= 15 is 0 Å². The van der Waals surface area contributed by atoms with Gasteiger partial charge >= 0.3 is 41.8 Å². The minimum Gasteiger partial charge on any atom is -0.494 e. The average molecular weight is 1280 g/mol. The van der Waals surface area contributed by atoms with Gasteiger partial charge in [-0.25, -0.2) is 33.6 Å². The fourth-order valence-corrected chi connectivity index (χ4v) is 9.32. The zero-order valence-corrected chi connectivity index (χ0v) is 53.8. The van der Waals surface area contributed by atoms with Gasteiger partial charge in [0, 0.05) is 18.2 Å². The van der Waals surface area contributed by atoms with Crippen molar-refractivity contribution in [2.45, 2.75) is 154 Å². The third-order valence-electron chi connectivity index (χ3n) is 14.6. The first-order chi connectivity index (χ1) is 45.4. The molecule has 0 heterocycles. The summed E-state index contributed by atoms with van der Waals surface area (Å²) in [6.07, 6.45) is 26.2. The molecule has 0 N–H and O–H groups in total. The minimum absolute atomic E-state index is 0.0372. The molecule has 0 aliphatic carbocycles. The van der Waals surface area contributed by atoms with Crippen molar-refractivity contribution >= 4 is 41.8 Å². The van der Waals surface area contributed by atoms with Gasteiger partial charge in [-0.1, -0.05) is 96.8 Å². The van der Waals surface area contributed by atoms with Crippen LogP contribution in [0.25, 0.3) is 0 Å². The lowest BCUT2D eigenvalue weighted by Crippen LogP contribution is -2.15. The first kappa shape index (κ1) is 74.5. The predicted molar refractivity (Wildman–Crippen MR) is 354 cm³/mol. The van der Waals surface area contributed by atoms with Crippen LogP contribution in [0.2, 0.25) is 0 Å². The SMILES string of the molecule is C=CC(=O)OCCCCCCCCCCOc1ccc(C(=O)Oc2ccc(OC(=O)c3ccc(OCCCCCCCCCCOC(=O)C=C)cc3)c(C(=O)OCCCCCCOc3ccc(OC(=O)c4ccc(OCCCCCCOC(=O)C=C)cc4)cc3)c2)cc1. The zero-order chi connectivity index (χ0) is 66.4. The molecule has 0 aromatic heterocycles. The molecule has 0 unspecified atom stereocenters. The van der Waals surface area contributed by atoms with Crippen LogP contribution in [-0.4, -0.2) is 94.6 Å². The molecule has 5 rings (SSSR count). The molecule has 0 saturated heterocycles. The Labute approximate surface area is 547 Å². The van der Waals surface area contributed by atoms with Crippen molar-refractivity contribution in [1.29, 1.82) is 0 Å². The first-order valence-electron chi connectivity index (χ1n) is 32.7. The van der Waals surface area contributed by atoms with E-state index in [2.05, 4.69) is 19.7 Å². The summed E-state index contributed by atoms with van der Waals surface area (Å²) in [5, 5.41) is 0. The number of carbonyl (C=O) groups excluding carboxylic acids is 7. The molecule has 18 nitrogen and oxygen atoms in total. The molecular weight excluding hydrogens is 1190 g/mol. The molecule has 0 bridgehead atoms. The number of hydrogen-bond donors (Lipinski definition) is 0. The third kappa shape index (κ3) is 32.1. The number of hydrogen-bond acceptors (Lipinski definition) is 18. The third-order valence-corrected chi connectivity index (χ3v) is 14.6. The van der Waals surface area contributed by atoms with Crippen LogP contribution in [0.3, 0.4) is 0 Å². The highest BCUT2D eigenvalue weighted by Gasteiger charge is 2.21. The van der Waals surface area contributed by atoms with Crippen LogP contribution in [0.1, 0.15) is 196 Å². The van der Waals surface area contributed by atoms with Gasteiger partial charge in [-0.3, -0.25) is 0 Å². The topological polar surface area (TPSA) is 221 Å². The summed E-state index contributed by atoms with van der Waals surface area (Å²) in [5.74, 6) is -1.06. The normalized spacial score (nSPS) is 10.7. The highest BCUT2D eigenvalue weighted by atomic mass is 16.6. The van der Waals surface area contributed by atoms with Gasteiger partial charge in [0.2, 0.25) is 0 Å². The minimum atomic E-state index is -0.770. The lowest BCUT2D eigenvalue weighted by atomic mass is 10.1. The molecule has 93 heavy (non-hydrogen) atoms. The van der Waals surface area contributed by atoms with E-state index in [1.54, 1.807) is 97.1 Å². The number of unbranched alkanes of at least 4 members (excludes halogenated alkanes) is 20. The van der Waals surface area contributed by atoms with Crippen LogP contribution >= 0.6 is 0 Å². The van der Waals surface area contributed by atoms with Crippen molar-refractivity contribution in [3.05, 3.63) is 175 Å². The van der Waals surface area contributed by atoms with Gasteiger partial charge in [-0.15, -0.1) is 0 Å². The summed E-state index contributed by atoms with van der Waals surface area (Å²) in [5.41, 5.74) is 0.756. The summed E-state index contributed by atoms with van der Waals surface area (Å²) >= 11 is 0. The number of benzene rings is 5. The standard InChI is InChI=1S/C75H92O18/c1-4-69(76)87-53-27-17-13-9-7-11-15-23-49-83-62-39-33-59(34-40-62)73(80)92-66-47-48-68(93-74(81)60-35-41-63(42-36-60)84-50-24-16-12-8-10-14-18-28-54-88-70(77)5-2)67(57-66)75(82)90-56-30-22-20-26-52-86-64-43-45-65(46-44-64)91-72(79)58-31-37-61(38-32-58)85-51-25-19-21-29-55-89-71(78)6-3/h4-6,31-48,57H,1-3,7-30,49-56H2. The van der Waals surface area contributed by atoms with E-state index in [0.29, 0.717) is 87.0 Å². The molecule has 500 valence electrons. The Morgan fingerprint density at radius 2 is 0.505 bits per heavy atom. The lowest BCUT2D eigenvalue weighted by Gasteiger charge is -2.13. The Kier molecular flexibility index (Phi) is 36.8. The Morgan fingerprint density at radius 3 is 0.828 bits per heavy atom. The van der Waals surface area contributed by atoms with Crippen LogP contribution in [0, 0.1) is 0 Å². The Hall–Kier alpha value is -9.19. The molecule has 0 atom stereocenters. The molecule has 5 aromatic carbocycles. The molecule has 18 heteroatoms. The van der Waals surface area contributed by atoms with Gasteiger partial charge in [-0.2, -0.15) is 0 Å². The molecular formula is C75H92O18. The fraction of sp³-hybridized carbons (Fsp3) is 0.427. The smallest absolute Gasteiger partial charge is 0.343 e. The van der Waals surface area contributed by atoms with Crippen molar-refractivity contribution < 1.29 is 85.7 Å². The largest absolute Gasteiger partial charge is 0.494 e. The van der Waals surface area contributed by atoms with Gasteiger partial charge in [-0.05, 0) is 192 Å². The van der Waals surface area contributed by atoms with E-state index in [0.717, 1.165) is 154 Å². The van der Waals surface area contributed by atoms with E-state index < -0.39 is 29.8 Å². The maximum absolute atomic E-state index is 13.8. The van der Waals surface area contributed by atoms with E-state index in [9.17, 15) is 33.6 Å². The first-order valence-corrected chi connectivity index (χ1v) is 32.7. The summed E-state index contributed by atoms with van der Waals surface area (Å²) in [6.45, 7) is 13.5. The van der Waals surface area contributed by atoms with Crippen molar-refractivity contribution in [1.82, 2.24) is 0 Å². The second-order valence-electron chi connectivity index (χ2n) is 22.0. The second kappa shape index (κ2) is 46.0. The highest BCUT2D eigenvalue weighted by Crippen LogP contribution is 2.29. The van der Waals surface area contributed by atoms with E-state index in [1.165, 1.54) is 30.4 Å². The van der Waals surface area contributed by atoms with E-state index in [4.69, 9.17) is 52.1 Å². The molecule has 0 fully saturated rings. The Balaban J connectivity index is 1.03. The summed E-state index contributed by atoms with van der Waals surface area (Å²) in [7, 11) is 0. The summed E-state index contributed by atoms with van der Waals surface area (Å²) in [6, 6.07) is 30.9. The number of carbonyl (C=O) groups is 7. The number of rotatable bonds is 50. The lowest BCUT2D eigenvalue weighted by molar-refractivity contribution is -0.138. The summed E-state index contributed by atoms with van der Waals surface area (Å²) < 4.78 is 61.4. The van der Waals surface area contributed by atoms with Crippen molar-refractivity contribution in [2.75, 3.05) is 52.9 Å². The van der Waals surface area contributed by atoms with E-state index in [1.807, 2.05) is 0 Å². The van der Waals surface area contributed by atoms with Crippen LogP contribution in [0.5, 0.6) is 40.2 Å². The molecule has 0 spiro atoms. The van der Waals surface area contributed by atoms with Crippen molar-refractivity contribution in [3.63, 3.8) is 0 Å². The van der Waals surface area contributed by atoms with Gasteiger partial charge < -0.3 is 52.1 Å². The molecule has 0 saturated carbocycles.